The molecule has 38 heavy (non-hydrogen) atoms. The molecule has 3 aliphatic rings. The summed E-state index contributed by atoms with van der Waals surface area (Å²) in [6.45, 7) is 3.73. The van der Waals surface area contributed by atoms with Crippen LogP contribution in [0.25, 0.3) is 0 Å². The van der Waals surface area contributed by atoms with E-state index in [1.807, 2.05) is 24.0 Å². The van der Waals surface area contributed by atoms with Gasteiger partial charge in [-0.05, 0) is 55.5 Å². The summed E-state index contributed by atoms with van der Waals surface area (Å²) < 4.78 is 11.4. The molecule has 2 amide bonds. The van der Waals surface area contributed by atoms with Crippen molar-refractivity contribution < 1.29 is 29.3 Å². The van der Waals surface area contributed by atoms with Crippen molar-refractivity contribution in [3.63, 3.8) is 0 Å². The fourth-order valence-corrected chi connectivity index (χ4v) is 5.67. The number of aliphatic hydroxyl groups is 2. The summed E-state index contributed by atoms with van der Waals surface area (Å²) in [6, 6.07) is 12.5. The lowest BCUT2D eigenvalue weighted by Crippen LogP contribution is -2.60. The number of piperidine rings is 1. The number of hydrogen-bond acceptors (Lipinski definition) is 7. The Morgan fingerprint density at radius 3 is 2.58 bits per heavy atom. The predicted molar refractivity (Wildman–Crippen MR) is 144 cm³/mol. The van der Waals surface area contributed by atoms with E-state index >= 15 is 0 Å². The molecule has 5 rings (SSSR count). The second kappa shape index (κ2) is 12.4. The van der Waals surface area contributed by atoms with Crippen LogP contribution in [-0.4, -0.2) is 83.6 Å². The van der Waals surface area contributed by atoms with E-state index < -0.39 is 12.2 Å². The quantitative estimate of drug-likeness (QED) is 0.418. The third-order valence-corrected chi connectivity index (χ3v) is 7.55. The first-order valence-corrected chi connectivity index (χ1v) is 13.1. The normalized spacial score (nSPS) is 25.0. The number of halogens is 1. The largest absolute Gasteiger partial charge is 0.493 e. The van der Waals surface area contributed by atoms with Crippen LogP contribution in [0.5, 0.6) is 5.75 Å². The van der Waals surface area contributed by atoms with Crippen molar-refractivity contribution in [1.82, 2.24) is 15.5 Å². The van der Waals surface area contributed by atoms with Crippen molar-refractivity contribution in [2.45, 2.75) is 63.1 Å². The lowest BCUT2D eigenvalue weighted by molar-refractivity contribution is -0.0871. The van der Waals surface area contributed by atoms with Gasteiger partial charge in [0.25, 0.3) is 11.8 Å². The van der Waals surface area contributed by atoms with Crippen molar-refractivity contribution in [3.05, 3.63) is 64.7 Å². The number of hydrogen-bond donors (Lipinski definition) is 4. The second-order valence-electron chi connectivity index (χ2n) is 10.1. The molecule has 4 N–H and O–H groups in total. The Morgan fingerprint density at radius 2 is 1.87 bits per heavy atom. The van der Waals surface area contributed by atoms with Gasteiger partial charge in [-0.2, -0.15) is 0 Å². The average Bonchev–Trinajstić information content (AvgIpc) is 2.90. The highest BCUT2D eigenvalue weighted by Crippen LogP contribution is 2.31. The Bertz CT molecular complexity index is 1130. The maximum absolute atomic E-state index is 13.4. The molecular weight excluding hydrogens is 510 g/mol. The first-order chi connectivity index (χ1) is 17.9. The molecule has 0 saturated carbocycles. The summed E-state index contributed by atoms with van der Waals surface area (Å²) in [6.07, 6.45) is 0.483. The van der Waals surface area contributed by atoms with Crippen LogP contribution in [0.4, 0.5) is 0 Å². The highest BCUT2D eigenvalue weighted by molar-refractivity contribution is 6.00. The van der Waals surface area contributed by atoms with Crippen molar-refractivity contribution >= 4 is 24.2 Å². The Labute approximate surface area is 228 Å². The Kier molecular flexibility index (Phi) is 9.27. The zero-order valence-electron chi connectivity index (χ0n) is 21.5. The number of benzene rings is 2. The van der Waals surface area contributed by atoms with E-state index in [1.165, 1.54) is 11.1 Å². The van der Waals surface area contributed by atoms with Crippen LogP contribution >= 0.6 is 12.4 Å². The molecule has 2 fully saturated rings. The number of nitrogens with one attached hydrogen (secondary N) is 2. The standard InChI is InChI=1S/C28H35N3O6.ClH/c1-2-37-26-10-18(28(35)31-20-11-22(32)12-21(31)16-36-15-20)7-8-23(26)27(34)30-14-25(33)24-9-17-5-3-4-6-19(17)13-29-24;/h3-8,10,20-22,24-25,29,32-33H,2,9,11-16H2,1H3,(H,30,34);1H/t20?,21?,22?,24-,25+;/m0./s1. The molecule has 0 aromatic heterocycles. The molecule has 0 spiro atoms. The molecule has 10 heteroatoms. The maximum Gasteiger partial charge on any atom is 0.255 e. The van der Waals surface area contributed by atoms with Gasteiger partial charge >= 0.3 is 0 Å². The van der Waals surface area contributed by atoms with E-state index in [0.717, 1.165) is 0 Å². The fraction of sp³-hybridized carbons (Fsp3) is 0.500. The van der Waals surface area contributed by atoms with E-state index in [9.17, 15) is 19.8 Å². The maximum atomic E-state index is 13.4. The highest BCUT2D eigenvalue weighted by Gasteiger charge is 2.41. The zero-order valence-corrected chi connectivity index (χ0v) is 22.3. The Balaban J connectivity index is 0.00000336. The van der Waals surface area contributed by atoms with E-state index in [4.69, 9.17) is 9.47 Å². The molecule has 2 aromatic carbocycles. The molecule has 0 radical (unpaired) electrons. The van der Waals surface area contributed by atoms with Crippen LogP contribution in [0.3, 0.4) is 0 Å². The van der Waals surface area contributed by atoms with E-state index in [-0.39, 0.29) is 48.9 Å². The van der Waals surface area contributed by atoms with Gasteiger partial charge in [-0.25, -0.2) is 0 Å². The molecule has 4 atom stereocenters. The van der Waals surface area contributed by atoms with Gasteiger partial charge in [-0.3, -0.25) is 9.59 Å². The van der Waals surface area contributed by atoms with Crippen LogP contribution < -0.4 is 15.4 Å². The van der Waals surface area contributed by atoms with Crippen LogP contribution in [-0.2, 0) is 17.7 Å². The number of rotatable bonds is 7. The van der Waals surface area contributed by atoms with Crippen molar-refractivity contribution in [1.29, 1.82) is 0 Å². The van der Waals surface area contributed by atoms with Gasteiger partial charge in [0.2, 0.25) is 0 Å². The minimum Gasteiger partial charge on any atom is -0.493 e. The van der Waals surface area contributed by atoms with Gasteiger partial charge in [0.15, 0.2) is 0 Å². The monoisotopic (exact) mass is 545 g/mol. The smallest absolute Gasteiger partial charge is 0.255 e. The third-order valence-electron chi connectivity index (χ3n) is 7.55. The van der Waals surface area contributed by atoms with E-state index in [0.29, 0.717) is 62.5 Å². The summed E-state index contributed by atoms with van der Waals surface area (Å²) in [4.78, 5) is 28.3. The van der Waals surface area contributed by atoms with Crippen LogP contribution in [0, 0.1) is 0 Å². The molecule has 9 nitrogen and oxygen atoms in total. The molecule has 206 valence electrons. The highest BCUT2D eigenvalue weighted by atomic mass is 35.5. The van der Waals surface area contributed by atoms with Gasteiger partial charge in [0.1, 0.15) is 5.75 Å². The molecule has 2 saturated heterocycles. The topological polar surface area (TPSA) is 120 Å². The van der Waals surface area contributed by atoms with Crippen LogP contribution in [0.1, 0.15) is 51.6 Å². The lowest BCUT2D eigenvalue weighted by Gasteiger charge is -2.47. The molecular formula is C28H36ClN3O6. The van der Waals surface area contributed by atoms with Gasteiger partial charge in [-0.15, -0.1) is 12.4 Å². The summed E-state index contributed by atoms with van der Waals surface area (Å²) in [7, 11) is 0. The fourth-order valence-electron chi connectivity index (χ4n) is 5.67. The Morgan fingerprint density at radius 1 is 1.16 bits per heavy atom. The zero-order chi connectivity index (χ0) is 25.9. The van der Waals surface area contributed by atoms with Crippen molar-refractivity contribution in [2.24, 2.45) is 0 Å². The average molecular weight is 546 g/mol. The SMILES string of the molecule is CCOc1cc(C(=O)N2C3COCC2CC(O)C3)ccc1C(=O)NC[C@@H](O)[C@@H]1Cc2ccccc2CN1.Cl. The lowest BCUT2D eigenvalue weighted by atomic mass is 9.91. The summed E-state index contributed by atoms with van der Waals surface area (Å²) in [5, 5.41) is 27.0. The number of ether oxygens (including phenoxy) is 2. The molecule has 2 unspecified atom stereocenters. The van der Waals surface area contributed by atoms with Crippen LogP contribution in [0.2, 0.25) is 0 Å². The Hall–Kier alpha value is -2.69. The van der Waals surface area contributed by atoms with Gasteiger partial charge in [0.05, 0.1) is 49.7 Å². The molecule has 3 aliphatic heterocycles. The molecule has 3 heterocycles. The number of fused-ring (bicyclic) bond motifs is 3. The summed E-state index contributed by atoms with van der Waals surface area (Å²) in [5.41, 5.74) is 3.17. The predicted octanol–water partition coefficient (Wildman–Crippen LogP) is 1.68. The van der Waals surface area contributed by atoms with Crippen LogP contribution in [0.15, 0.2) is 42.5 Å². The number of carbonyl (C=O) groups is 2. The molecule has 0 aliphatic carbocycles. The number of carbonyl (C=O) groups excluding carboxylic acids is 2. The van der Waals surface area contributed by atoms with Gasteiger partial charge < -0.3 is 35.2 Å². The number of morpholine rings is 1. The molecule has 2 bridgehead atoms. The second-order valence-corrected chi connectivity index (χ2v) is 10.1. The first-order valence-electron chi connectivity index (χ1n) is 13.1. The number of nitrogens with zero attached hydrogens (tertiary/aromatic N) is 1. The van der Waals surface area contributed by atoms with Gasteiger partial charge in [-0.1, -0.05) is 24.3 Å². The summed E-state index contributed by atoms with van der Waals surface area (Å²) in [5.74, 6) is -0.204. The van der Waals surface area contributed by atoms with Gasteiger partial charge in [0, 0.05) is 24.7 Å². The summed E-state index contributed by atoms with van der Waals surface area (Å²) >= 11 is 0. The molecule has 2 aromatic rings. The minimum absolute atomic E-state index is 0. The minimum atomic E-state index is -0.759. The third kappa shape index (κ3) is 5.97. The van der Waals surface area contributed by atoms with E-state index in [2.05, 4.69) is 22.8 Å². The number of amides is 2. The van der Waals surface area contributed by atoms with Crippen molar-refractivity contribution in [2.75, 3.05) is 26.4 Å². The number of aliphatic hydroxyl groups excluding tert-OH is 2. The van der Waals surface area contributed by atoms with E-state index in [1.54, 1.807) is 18.2 Å². The first kappa shape index (κ1) is 28.3. The van der Waals surface area contributed by atoms with Crippen molar-refractivity contribution in [3.8, 4) is 5.75 Å².